The van der Waals surface area contributed by atoms with E-state index in [1.165, 1.54) is 0 Å². The molecule has 1 heterocycles. The average Bonchev–Trinajstić information content (AvgIpc) is 2.44. The zero-order valence-electron chi connectivity index (χ0n) is 12.8. The lowest BCUT2D eigenvalue weighted by Crippen LogP contribution is -2.07. The van der Waals surface area contributed by atoms with Gasteiger partial charge in [0.2, 0.25) is 5.88 Å². The highest BCUT2D eigenvalue weighted by Crippen LogP contribution is 2.32. The topological polar surface area (TPSA) is 47.0 Å². The van der Waals surface area contributed by atoms with E-state index in [2.05, 4.69) is 22.2 Å². The molecule has 0 aliphatic carbocycles. The molecule has 0 saturated carbocycles. The SMILES string of the molecule is CCCNc1nc(C)nc(Oc2cc(C)ccc2Cl)c1C. The molecular weight excluding hydrogens is 286 g/mol. The third-order valence-corrected chi connectivity index (χ3v) is 3.36. The number of nitrogens with zero attached hydrogens (tertiary/aromatic N) is 2. The fourth-order valence-electron chi connectivity index (χ4n) is 1.91. The lowest BCUT2D eigenvalue weighted by atomic mass is 10.2. The monoisotopic (exact) mass is 305 g/mol. The number of rotatable bonds is 5. The molecule has 0 spiro atoms. The smallest absolute Gasteiger partial charge is 0.227 e. The van der Waals surface area contributed by atoms with Gasteiger partial charge >= 0.3 is 0 Å². The molecule has 0 bridgehead atoms. The van der Waals surface area contributed by atoms with Crippen LogP contribution in [0.1, 0.15) is 30.3 Å². The summed E-state index contributed by atoms with van der Waals surface area (Å²) in [5.41, 5.74) is 1.97. The summed E-state index contributed by atoms with van der Waals surface area (Å²) in [6.45, 7) is 8.76. The first-order valence-electron chi connectivity index (χ1n) is 7.04. The van der Waals surface area contributed by atoms with Crippen LogP contribution >= 0.6 is 11.6 Å². The van der Waals surface area contributed by atoms with E-state index in [0.29, 0.717) is 22.5 Å². The Hall–Kier alpha value is -1.81. The summed E-state index contributed by atoms with van der Waals surface area (Å²) in [6, 6.07) is 5.67. The highest BCUT2D eigenvalue weighted by Gasteiger charge is 2.12. The van der Waals surface area contributed by atoms with Crippen molar-refractivity contribution < 1.29 is 4.74 Å². The van der Waals surface area contributed by atoms with Gasteiger partial charge in [-0.05, 0) is 44.9 Å². The molecule has 4 nitrogen and oxygen atoms in total. The second-order valence-corrected chi connectivity index (χ2v) is 5.42. The fourth-order valence-corrected chi connectivity index (χ4v) is 2.07. The number of ether oxygens (including phenoxy) is 1. The van der Waals surface area contributed by atoms with E-state index >= 15 is 0 Å². The van der Waals surface area contributed by atoms with Crippen molar-refractivity contribution in [3.63, 3.8) is 0 Å². The Bertz CT molecular complexity index is 644. The third-order valence-electron chi connectivity index (χ3n) is 3.05. The van der Waals surface area contributed by atoms with Crippen LogP contribution in [-0.4, -0.2) is 16.5 Å². The van der Waals surface area contributed by atoms with Crippen LogP contribution in [0.15, 0.2) is 18.2 Å². The Morgan fingerprint density at radius 2 is 1.95 bits per heavy atom. The van der Waals surface area contributed by atoms with Crippen LogP contribution in [0.4, 0.5) is 5.82 Å². The zero-order chi connectivity index (χ0) is 15.4. The summed E-state index contributed by atoms with van der Waals surface area (Å²) < 4.78 is 5.90. The molecule has 1 N–H and O–H groups in total. The van der Waals surface area contributed by atoms with E-state index in [1.54, 1.807) is 0 Å². The van der Waals surface area contributed by atoms with Gasteiger partial charge in [-0.2, -0.15) is 4.98 Å². The molecule has 1 aromatic heterocycles. The van der Waals surface area contributed by atoms with Crippen LogP contribution in [0.25, 0.3) is 0 Å². The lowest BCUT2D eigenvalue weighted by molar-refractivity contribution is 0.456. The van der Waals surface area contributed by atoms with Gasteiger partial charge in [0.15, 0.2) is 0 Å². The Kier molecular flexibility index (Phi) is 5.02. The van der Waals surface area contributed by atoms with Crippen molar-refractivity contribution in [3.8, 4) is 11.6 Å². The maximum Gasteiger partial charge on any atom is 0.227 e. The van der Waals surface area contributed by atoms with E-state index in [1.807, 2.05) is 39.0 Å². The third kappa shape index (κ3) is 3.85. The van der Waals surface area contributed by atoms with Gasteiger partial charge in [0, 0.05) is 6.54 Å². The molecule has 2 rings (SSSR count). The molecule has 0 atom stereocenters. The number of nitrogens with one attached hydrogen (secondary N) is 1. The number of anilines is 1. The Labute approximate surface area is 130 Å². The van der Waals surface area contributed by atoms with Crippen molar-refractivity contribution in [2.45, 2.75) is 34.1 Å². The number of hydrogen-bond donors (Lipinski definition) is 1. The largest absolute Gasteiger partial charge is 0.437 e. The van der Waals surface area contributed by atoms with Gasteiger partial charge in [-0.1, -0.05) is 24.6 Å². The van der Waals surface area contributed by atoms with Crippen LogP contribution in [0.5, 0.6) is 11.6 Å². The summed E-state index contributed by atoms with van der Waals surface area (Å²) in [6.07, 6.45) is 1.03. The van der Waals surface area contributed by atoms with Gasteiger partial charge in [-0.3, -0.25) is 0 Å². The van der Waals surface area contributed by atoms with E-state index in [-0.39, 0.29) is 0 Å². The van der Waals surface area contributed by atoms with Crippen molar-refractivity contribution in [2.75, 3.05) is 11.9 Å². The Balaban J connectivity index is 2.35. The molecule has 0 fully saturated rings. The van der Waals surface area contributed by atoms with E-state index in [0.717, 1.165) is 29.9 Å². The molecule has 0 aliphatic heterocycles. The molecule has 2 aromatic rings. The van der Waals surface area contributed by atoms with Crippen LogP contribution in [-0.2, 0) is 0 Å². The van der Waals surface area contributed by atoms with Gasteiger partial charge < -0.3 is 10.1 Å². The van der Waals surface area contributed by atoms with Crippen molar-refractivity contribution in [1.29, 1.82) is 0 Å². The molecule has 112 valence electrons. The van der Waals surface area contributed by atoms with E-state index in [4.69, 9.17) is 16.3 Å². The number of aromatic nitrogens is 2. The van der Waals surface area contributed by atoms with Crippen LogP contribution in [0.3, 0.4) is 0 Å². The Morgan fingerprint density at radius 1 is 1.19 bits per heavy atom. The van der Waals surface area contributed by atoms with Gasteiger partial charge in [0.05, 0.1) is 10.6 Å². The maximum absolute atomic E-state index is 6.18. The van der Waals surface area contributed by atoms with Gasteiger partial charge in [0.1, 0.15) is 17.4 Å². The highest BCUT2D eigenvalue weighted by atomic mass is 35.5. The molecular formula is C16H20ClN3O. The fraction of sp³-hybridized carbons (Fsp3) is 0.375. The summed E-state index contributed by atoms with van der Waals surface area (Å²) >= 11 is 6.18. The van der Waals surface area contributed by atoms with Gasteiger partial charge in [-0.15, -0.1) is 0 Å². The van der Waals surface area contributed by atoms with Crippen molar-refractivity contribution >= 4 is 17.4 Å². The first-order chi connectivity index (χ1) is 10.0. The maximum atomic E-state index is 6.18. The molecule has 0 aliphatic rings. The van der Waals surface area contributed by atoms with E-state index < -0.39 is 0 Å². The van der Waals surface area contributed by atoms with Crippen LogP contribution < -0.4 is 10.1 Å². The predicted octanol–water partition coefficient (Wildman–Crippen LogP) is 4.67. The molecule has 0 radical (unpaired) electrons. The van der Waals surface area contributed by atoms with Crippen molar-refractivity contribution in [2.24, 2.45) is 0 Å². The molecule has 0 saturated heterocycles. The summed E-state index contributed by atoms with van der Waals surface area (Å²) in [4.78, 5) is 8.79. The minimum Gasteiger partial charge on any atom is -0.437 e. The minimum atomic E-state index is 0.536. The van der Waals surface area contributed by atoms with Gasteiger partial charge in [-0.25, -0.2) is 4.98 Å². The van der Waals surface area contributed by atoms with Crippen molar-refractivity contribution in [1.82, 2.24) is 9.97 Å². The highest BCUT2D eigenvalue weighted by molar-refractivity contribution is 6.32. The molecule has 0 amide bonds. The van der Waals surface area contributed by atoms with Gasteiger partial charge in [0.25, 0.3) is 0 Å². The standard InChI is InChI=1S/C16H20ClN3O/c1-5-8-18-15-11(3)16(20-12(4)19-15)21-14-9-10(2)6-7-13(14)17/h6-7,9H,5,8H2,1-4H3,(H,18,19,20). The normalized spacial score (nSPS) is 10.5. The summed E-state index contributed by atoms with van der Waals surface area (Å²) in [7, 11) is 0. The number of aryl methyl sites for hydroxylation is 2. The van der Waals surface area contributed by atoms with Crippen LogP contribution in [0.2, 0.25) is 5.02 Å². The number of halogens is 1. The Morgan fingerprint density at radius 3 is 2.67 bits per heavy atom. The van der Waals surface area contributed by atoms with Crippen LogP contribution in [0, 0.1) is 20.8 Å². The zero-order valence-corrected chi connectivity index (χ0v) is 13.6. The number of benzene rings is 1. The molecule has 21 heavy (non-hydrogen) atoms. The second kappa shape index (κ2) is 6.76. The molecule has 5 heteroatoms. The lowest BCUT2D eigenvalue weighted by Gasteiger charge is -2.14. The summed E-state index contributed by atoms with van der Waals surface area (Å²) in [5, 5.41) is 3.86. The second-order valence-electron chi connectivity index (χ2n) is 5.01. The minimum absolute atomic E-state index is 0.536. The quantitative estimate of drug-likeness (QED) is 0.872. The number of hydrogen-bond acceptors (Lipinski definition) is 4. The average molecular weight is 306 g/mol. The summed E-state index contributed by atoms with van der Waals surface area (Å²) in [5.74, 6) is 2.62. The van der Waals surface area contributed by atoms with Crippen molar-refractivity contribution in [3.05, 3.63) is 40.2 Å². The molecule has 1 aromatic carbocycles. The first-order valence-corrected chi connectivity index (χ1v) is 7.42. The molecule has 0 unspecified atom stereocenters. The first kappa shape index (κ1) is 15.6. The van der Waals surface area contributed by atoms with E-state index in [9.17, 15) is 0 Å². The predicted molar refractivity (Wildman–Crippen MR) is 86.5 cm³/mol.